The molecule has 28 heavy (non-hydrogen) atoms. The van der Waals surface area contributed by atoms with E-state index in [0.29, 0.717) is 5.56 Å². The molecule has 0 saturated heterocycles. The van der Waals surface area contributed by atoms with E-state index in [1.807, 2.05) is 0 Å². The Kier molecular flexibility index (Phi) is 6.64. The van der Waals surface area contributed by atoms with E-state index in [-0.39, 0.29) is 17.0 Å². The summed E-state index contributed by atoms with van der Waals surface area (Å²) in [6.45, 7) is 3.08. The van der Waals surface area contributed by atoms with Gasteiger partial charge in [0.1, 0.15) is 5.82 Å². The Bertz CT molecular complexity index is 884. The molecule has 148 valence electrons. The molecular weight excluding hydrogens is 371 g/mol. The van der Waals surface area contributed by atoms with Crippen LogP contribution in [-0.4, -0.2) is 30.0 Å². The number of ether oxygens (including phenoxy) is 2. The van der Waals surface area contributed by atoms with Crippen LogP contribution < -0.4 is 10.1 Å². The monoisotopic (exact) mass is 390 g/mol. The second-order valence-electron chi connectivity index (χ2n) is 5.97. The maximum absolute atomic E-state index is 13.0. The van der Waals surface area contributed by atoms with Crippen LogP contribution in [0.25, 0.3) is 0 Å². The average molecular weight is 390 g/mol. The topological polar surface area (TPSA) is 108 Å². The van der Waals surface area contributed by atoms with Crippen molar-refractivity contribution < 1.29 is 28.4 Å². The number of carbonyl (C=O) groups excluding carboxylic acids is 2. The molecular formula is C19H19FN2O6. The smallest absolute Gasteiger partial charge is 0.339 e. The fourth-order valence-corrected chi connectivity index (χ4v) is 2.41. The van der Waals surface area contributed by atoms with E-state index >= 15 is 0 Å². The number of nitro groups is 1. The van der Waals surface area contributed by atoms with Gasteiger partial charge in [-0.2, -0.15) is 0 Å². The third kappa shape index (κ3) is 5.03. The van der Waals surface area contributed by atoms with Gasteiger partial charge in [-0.3, -0.25) is 14.9 Å². The van der Waals surface area contributed by atoms with Gasteiger partial charge < -0.3 is 14.8 Å². The van der Waals surface area contributed by atoms with Crippen LogP contribution in [0, 0.1) is 15.9 Å². The molecule has 8 nitrogen and oxygen atoms in total. The van der Waals surface area contributed by atoms with E-state index in [2.05, 4.69) is 5.32 Å². The quantitative estimate of drug-likeness (QED) is 0.442. The summed E-state index contributed by atoms with van der Waals surface area (Å²) in [6.07, 6.45) is -1.14. The summed E-state index contributed by atoms with van der Waals surface area (Å²) in [7, 11) is 1.27. The number of hydrogen-bond acceptors (Lipinski definition) is 6. The van der Waals surface area contributed by atoms with Crippen LogP contribution >= 0.6 is 0 Å². The normalized spacial score (nSPS) is 12.6. The molecule has 0 saturated carbocycles. The van der Waals surface area contributed by atoms with Crippen molar-refractivity contribution in [3.05, 3.63) is 69.5 Å². The summed E-state index contributed by atoms with van der Waals surface area (Å²) in [5.41, 5.74) is 0.205. The number of benzene rings is 2. The molecule has 0 aromatic heterocycles. The summed E-state index contributed by atoms with van der Waals surface area (Å²) >= 11 is 0. The highest BCUT2D eigenvalue weighted by atomic mass is 19.1. The summed E-state index contributed by atoms with van der Waals surface area (Å²) in [5, 5.41) is 13.7. The first-order valence-corrected chi connectivity index (χ1v) is 8.32. The van der Waals surface area contributed by atoms with E-state index in [4.69, 9.17) is 9.47 Å². The molecule has 2 atom stereocenters. The van der Waals surface area contributed by atoms with Crippen molar-refractivity contribution in [2.75, 3.05) is 7.11 Å². The highest BCUT2D eigenvalue weighted by Crippen LogP contribution is 2.28. The van der Waals surface area contributed by atoms with Gasteiger partial charge in [0.15, 0.2) is 11.9 Å². The number of rotatable bonds is 7. The number of nitrogens with zero attached hydrogens (tertiary/aromatic N) is 1. The standard InChI is InChI=1S/C19H19FN2O6/c1-11(13-4-7-15(20)8-5-13)21-18(23)12(2)28-19(24)14-6-9-17(27-3)16(10-14)22(25)26/h4-12H,1-3H3,(H,21,23)/t11-,12-/m1/s1. The number of amides is 1. The van der Waals surface area contributed by atoms with Crippen LogP contribution in [0.3, 0.4) is 0 Å². The van der Waals surface area contributed by atoms with Gasteiger partial charge in [-0.15, -0.1) is 0 Å². The van der Waals surface area contributed by atoms with E-state index < -0.39 is 34.8 Å². The highest BCUT2D eigenvalue weighted by molar-refractivity contribution is 5.93. The molecule has 2 aromatic carbocycles. The minimum atomic E-state index is -1.14. The Morgan fingerprint density at radius 1 is 1.14 bits per heavy atom. The predicted molar refractivity (Wildman–Crippen MR) is 97.5 cm³/mol. The van der Waals surface area contributed by atoms with Gasteiger partial charge in [0.25, 0.3) is 5.91 Å². The Morgan fingerprint density at radius 3 is 2.36 bits per heavy atom. The lowest BCUT2D eigenvalue weighted by atomic mass is 10.1. The molecule has 0 bridgehead atoms. The minimum Gasteiger partial charge on any atom is -0.490 e. The molecule has 0 radical (unpaired) electrons. The molecule has 0 heterocycles. The molecule has 0 unspecified atom stereocenters. The van der Waals surface area contributed by atoms with Gasteiger partial charge >= 0.3 is 11.7 Å². The van der Waals surface area contributed by atoms with Crippen LogP contribution in [0.2, 0.25) is 0 Å². The third-order valence-electron chi connectivity index (χ3n) is 3.99. The molecule has 0 spiro atoms. The van der Waals surface area contributed by atoms with Crippen molar-refractivity contribution in [2.24, 2.45) is 0 Å². The zero-order chi connectivity index (χ0) is 20.8. The van der Waals surface area contributed by atoms with Gasteiger partial charge in [-0.25, -0.2) is 9.18 Å². The van der Waals surface area contributed by atoms with Crippen molar-refractivity contribution in [2.45, 2.75) is 26.0 Å². The van der Waals surface area contributed by atoms with E-state index in [0.717, 1.165) is 6.07 Å². The van der Waals surface area contributed by atoms with Crippen LogP contribution in [0.1, 0.15) is 35.8 Å². The van der Waals surface area contributed by atoms with Crippen molar-refractivity contribution in [1.29, 1.82) is 0 Å². The summed E-state index contributed by atoms with van der Waals surface area (Å²) in [4.78, 5) is 34.8. The zero-order valence-electron chi connectivity index (χ0n) is 15.5. The van der Waals surface area contributed by atoms with Crippen molar-refractivity contribution in [3.8, 4) is 5.75 Å². The lowest BCUT2D eigenvalue weighted by Gasteiger charge is -2.18. The highest BCUT2D eigenvalue weighted by Gasteiger charge is 2.23. The summed E-state index contributed by atoms with van der Waals surface area (Å²) in [5.74, 6) is -1.84. The molecule has 0 fully saturated rings. The summed E-state index contributed by atoms with van der Waals surface area (Å²) < 4.78 is 22.9. The molecule has 9 heteroatoms. The third-order valence-corrected chi connectivity index (χ3v) is 3.99. The number of esters is 1. The van der Waals surface area contributed by atoms with Gasteiger partial charge in [0.05, 0.1) is 23.6 Å². The van der Waals surface area contributed by atoms with Crippen molar-refractivity contribution in [1.82, 2.24) is 5.32 Å². The fourth-order valence-electron chi connectivity index (χ4n) is 2.41. The predicted octanol–water partition coefficient (Wildman–Crippen LogP) is 3.17. The Hall–Kier alpha value is -3.49. The minimum absolute atomic E-state index is 0.000430. The Balaban J connectivity index is 2.03. The molecule has 0 aliphatic carbocycles. The Labute approximate surface area is 160 Å². The molecule has 1 N–H and O–H groups in total. The SMILES string of the molecule is COc1ccc(C(=O)O[C@H](C)C(=O)N[C@H](C)c2ccc(F)cc2)cc1[N+](=O)[O-]. The molecule has 0 aliphatic heterocycles. The first-order valence-electron chi connectivity index (χ1n) is 8.32. The van der Waals surface area contributed by atoms with Gasteiger partial charge in [0, 0.05) is 6.07 Å². The van der Waals surface area contributed by atoms with Gasteiger partial charge in [0.2, 0.25) is 0 Å². The van der Waals surface area contributed by atoms with Crippen LogP contribution in [0.5, 0.6) is 5.75 Å². The van der Waals surface area contributed by atoms with Crippen LogP contribution in [0.4, 0.5) is 10.1 Å². The maximum atomic E-state index is 13.0. The van der Waals surface area contributed by atoms with E-state index in [1.165, 1.54) is 50.4 Å². The van der Waals surface area contributed by atoms with E-state index in [9.17, 15) is 24.1 Å². The number of halogens is 1. The number of carbonyl (C=O) groups is 2. The zero-order valence-corrected chi connectivity index (χ0v) is 15.5. The number of hydrogen-bond donors (Lipinski definition) is 1. The van der Waals surface area contributed by atoms with Crippen LogP contribution in [0.15, 0.2) is 42.5 Å². The maximum Gasteiger partial charge on any atom is 0.339 e. The lowest BCUT2D eigenvalue weighted by Crippen LogP contribution is -2.37. The second kappa shape index (κ2) is 8.94. The first kappa shape index (κ1) is 20.8. The number of nitrogens with one attached hydrogen (secondary N) is 1. The average Bonchev–Trinajstić information content (AvgIpc) is 2.67. The fraction of sp³-hybridized carbons (Fsp3) is 0.263. The van der Waals surface area contributed by atoms with Crippen molar-refractivity contribution >= 4 is 17.6 Å². The van der Waals surface area contributed by atoms with Gasteiger partial charge in [-0.05, 0) is 43.7 Å². The largest absolute Gasteiger partial charge is 0.490 e. The van der Waals surface area contributed by atoms with E-state index in [1.54, 1.807) is 6.92 Å². The second-order valence-corrected chi connectivity index (χ2v) is 5.97. The van der Waals surface area contributed by atoms with Gasteiger partial charge in [-0.1, -0.05) is 12.1 Å². The summed E-state index contributed by atoms with van der Waals surface area (Å²) in [6, 6.07) is 8.79. The Morgan fingerprint density at radius 2 is 1.79 bits per heavy atom. The molecule has 2 aromatic rings. The molecule has 2 rings (SSSR count). The first-order chi connectivity index (χ1) is 13.2. The number of methoxy groups -OCH3 is 1. The number of nitro benzene ring substituents is 1. The molecule has 1 amide bonds. The molecule has 0 aliphatic rings. The lowest BCUT2D eigenvalue weighted by molar-refractivity contribution is -0.385. The van der Waals surface area contributed by atoms with Crippen molar-refractivity contribution in [3.63, 3.8) is 0 Å². The van der Waals surface area contributed by atoms with Crippen LogP contribution in [-0.2, 0) is 9.53 Å².